The van der Waals surface area contributed by atoms with Crippen LogP contribution in [0.4, 0.5) is 15.9 Å². The molecule has 2 unspecified atom stereocenters. The average molecular weight is 501 g/mol. The van der Waals surface area contributed by atoms with E-state index in [1.165, 1.54) is 3.51 Å². The van der Waals surface area contributed by atoms with E-state index in [2.05, 4.69) is 39.9 Å². The van der Waals surface area contributed by atoms with E-state index in [1.54, 1.807) is 0 Å². The van der Waals surface area contributed by atoms with Gasteiger partial charge in [0.15, 0.2) is 0 Å². The molecule has 0 radical (unpaired) electrons. The second-order valence-corrected chi connectivity index (χ2v) is 13.4. The van der Waals surface area contributed by atoms with Gasteiger partial charge in [-0.25, -0.2) is 9.97 Å². The van der Waals surface area contributed by atoms with E-state index in [0.29, 0.717) is 29.9 Å². The minimum absolute atomic E-state index is 0.147. The fraction of sp³-hybridized carbons (Fsp3) is 0.381. The molecule has 2 aliphatic rings. The summed E-state index contributed by atoms with van der Waals surface area (Å²) >= 11 is -1.62. The van der Waals surface area contributed by atoms with Gasteiger partial charge in [-0.05, 0) is 13.0 Å². The van der Waals surface area contributed by atoms with Gasteiger partial charge in [0.1, 0.15) is 0 Å². The van der Waals surface area contributed by atoms with Crippen LogP contribution in [0.1, 0.15) is 53.9 Å². The van der Waals surface area contributed by atoms with Crippen molar-refractivity contribution in [3.05, 3.63) is 59.1 Å². The minimum atomic E-state index is -1.62. The summed E-state index contributed by atoms with van der Waals surface area (Å²) in [6.07, 6.45) is 5.00. The summed E-state index contributed by atoms with van der Waals surface area (Å²) in [6, 6.07) is 7.85. The van der Waals surface area contributed by atoms with Crippen molar-refractivity contribution >= 4 is 35.5 Å². The van der Waals surface area contributed by atoms with Crippen LogP contribution in [0, 0.1) is 12.7 Å². The van der Waals surface area contributed by atoms with Crippen LogP contribution in [0.5, 0.6) is 0 Å². The maximum Gasteiger partial charge on any atom is -0.238 e. The number of aromatic nitrogens is 4. The van der Waals surface area contributed by atoms with Crippen molar-refractivity contribution in [3.63, 3.8) is 0 Å². The molecule has 8 heteroatoms. The second-order valence-electron chi connectivity index (χ2n) is 7.92. The third-order valence-corrected chi connectivity index (χ3v) is 11.0. The second kappa shape index (κ2) is 7.69. The van der Waals surface area contributed by atoms with E-state index in [9.17, 15) is 4.39 Å². The number of fused-ring (bicyclic) bond motifs is 1. The van der Waals surface area contributed by atoms with Crippen LogP contribution in [0.2, 0.25) is 4.87 Å². The molecule has 3 heterocycles. The molecule has 150 valence electrons. The summed E-state index contributed by atoms with van der Waals surface area (Å²) in [7, 11) is 0. The Balaban J connectivity index is 1.30. The number of anilines is 2. The molecule has 5 rings (SSSR count). The number of rotatable bonds is 4. The molecule has 2 aromatic heterocycles. The first-order valence-corrected chi connectivity index (χ1v) is 15.1. The van der Waals surface area contributed by atoms with Gasteiger partial charge < -0.3 is 0 Å². The Morgan fingerprint density at radius 1 is 1.21 bits per heavy atom. The first kappa shape index (κ1) is 19.0. The van der Waals surface area contributed by atoms with Crippen molar-refractivity contribution in [1.82, 2.24) is 23.6 Å². The maximum atomic E-state index is 14.9. The monoisotopic (exact) mass is 500 g/mol. The molecule has 3 aromatic rings. The smallest absolute Gasteiger partial charge is 0.238 e. The number of aryl methyl sites for hydroxylation is 1. The number of benzene rings is 1. The number of hydrogen-bond donors (Lipinski definition) is 3. The van der Waals surface area contributed by atoms with Gasteiger partial charge in [0.2, 0.25) is 0 Å². The Hall–Kier alpha value is -1.98. The van der Waals surface area contributed by atoms with E-state index in [4.69, 9.17) is 0 Å². The van der Waals surface area contributed by atoms with Gasteiger partial charge in [0.05, 0.1) is 0 Å². The Kier molecular flexibility index (Phi) is 5.04. The molecule has 0 bridgehead atoms. The van der Waals surface area contributed by atoms with Gasteiger partial charge in [-0.1, -0.05) is 0 Å². The Morgan fingerprint density at radius 2 is 2.07 bits per heavy atom. The molecule has 0 spiro atoms. The summed E-state index contributed by atoms with van der Waals surface area (Å²) in [6.45, 7) is 2.65. The van der Waals surface area contributed by atoms with Crippen molar-refractivity contribution < 1.29 is 4.39 Å². The SMILES string of the molecule is Cc1ccnc(C2CCC(c3cc(Nc4cc[c]5c(c4F)C[NH][Sb]5[CH3])n[nH]3)C2)n1. The Bertz CT molecular complexity index is 1050. The number of hydrogen-bond acceptors (Lipinski definition) is 5. The molecule has 3 N–H and O–H groups in total. The standard InChI is InChI=1S/C20H21FN6.CH3.Sb/c1-12-7-8-23-20(24-12)14-6-5-13(9-14)17-10-18(27-26-17)25-16-4-2-3-15(11-22)19(16)21;;/h2,4,7-8,10,13-14,22H,5-6,9,11H2,1H3,(H2,25,26,27);1H3;/q-1;;+1. The number of nitrogens with zero attached hydrogens (tertiary/aromatic N) is 3. The molecular formula is C21H24FN6Sb. The van der Waals surface area contributed by atoms with Gasteiger partial charge in [0, 0.05) is 11.9 Å². The van der Waals surface area contributed by atoms with E-state index in [1.807, 2.05) is 31.3 Å². The van der Waals surface area contributed by atoms with Crippen LogP contribution in [0.15, 0.2) is 30.5 Å². The average Bonchev–Trinajstić information content (AvgIpc) is 3.44. The normalized spacial score (nSPS) is 21.5. The predicted octanol–water partition coefficient (Wildman–Crippen LogP) is 3.37. The van der Waals surface area contributed by atoms with E-state index in [-0.39, 0.29) is 5.82 Å². The molecule has 29 heavy (non-hydrogen) atoms. The van der Waals surface area contributed by atoms with Gasteiger partial charge in [0.25, 0.3) is 0 Å². The molecule has 2 atom stereocenters. The summed E-state index contributed by atoms with van der Waals surface area (Å²) in [5.41, 5.74) is 3.43. The van der Waals surface area contributed by atoms with E-state index in [0.717, 1.165) is 42.0 Å². The van der Waals surface area contributed by atoms with Gasteiger partial charge in [-0.2, -0.15) is 0 Å². The fourth-order valence-corrected chi connectivity index (χ4v) is 8.51. The maximum absolute atomic E-state index is 14.9. The number of nitrogens with one attached hydrogen (secondary N) is 3. The van der Waals surface area contributed by atoms with E-state index >= 15 is 0 Å². The summed E-state index contributed by atoms with van der Waals surface area (Å²) < 4.78 is 19.6. The van der Waals surface area contributed by atoms with Crippen molar-refractivity contribution in [3.8, 4) is 0 Å². The van der Waals surface area contributed by atoms with Gasteiger partial charge in [-0.15, -0.1) is 0 Å². The minimum Gasteiger partial charge on any atom is -0.238 e. The zero-order valence-electron chi connectivity index (χ0n) is 16.5. The zero-order valence-corrected chi connectivity index (χ0v) is 19.1. The van der Waals surface area contributed by atoms with Crippen LogP contribution >= 0.6 is 0 Å². The third kappa shape index (κ3) is 3.66. The molecule has 0 saturated heterocycles. The first-order chi connectivity index (χ1) is 14.1. The van der Waals surface area contributed by atoms with Crippen LogP contribution in [-0.2, 0) is 6.54 Å². The van der Waals surface area contributed by atoms with Gasteiger partial charge >= 0.3 is 142 Å². The Labute approximate surface area is 177 Å². The summed E-state index contributed by atoms with van der Waals surface area (Å²) in [4.78, 5) is 11.3. The largest absolute Gasteiger partial charge is 0.238 e. The zero-order chi connectivity index (χ0) is 20.0. The van der Waals surface area contributed by atoms with Crippen LogP contribution in [0.25, 0.3) is 0 Å². The van der Waals surface area contributed by atoms with Crippen LogP contribution < -0.4 is 12.3 Å². The van der Waals surface area contributed by atoms with Crippen molar-refractivity contribution in [2.45, 2.75) is 49.4 Å². The molecule has 1 saturated carbocycles. The molecule has 6 nitrogen and oxygen atoms in total. The molecule has 1 fully saturated rings. The quantitative estimate of drug-likeness (QED) is 0.478. The third-order valence-electron chi connectivity index (χ3n) is 5.98. The van der Waals surface area contributed by atoms with Crippen LogP contribution in [0.3, 0.4) is 0 Å². The first-order valence-electron chi connectivity index (χ1n) is 9.99. The molecule has 1 aromatic carbocycles. The number of aromatic amines is 1. The van der Waals surface area contributed by atoms with Crippen LogP contribution in [-0.4, -0.2) is 40.7 Å². The fourth-order valence-electron chi connectivity index (χ4n) is 4.38. The van der Waals surface area contributed by atoms with Gasteiger partial charge in [-0.3, -0.25) is 0 Å². The Morgan fingerprint density at radius 3 is 2.93 bits per heavy atom. The van der Waals surface area contributed by atoms with Crippen molar-refractivity contribution in [2.75, 3.05) is 5.32 Å². The molecular weight excluding hydrogens is 477 g/mol. The number of H-pyrrole nitrogens is 1. The summed E-state index contributed by atoms with van der Waals surface area (Å²) in [5.74, 6) is 2.24. The number of halogens is 1. The summed E-state index contributed by atoms with van der Waals surface area (Å²) in [5, 5.41) is 10.7. The molecule has 1 aliphatic heterocycles. The van der Waals surface area contributed by atoms with Crippen molar-refractivity contribution in [2.24, 2.45) is 0 Å². The molecule has 1 aliphatic carbocycles. The molecule has 0 amide bonds. The van der Waals surface area contributed by atoms with Crippen molar-refractivity contribution in [1.29, 1.82) is 0 Å². The van der Waals surface area contributed by atoms with E-state index < -0.39 is 20.5 Å². The predicted molar refractivity (Wildman–Crippen MR) is 112 cm³/mol. The topological polar surface area (TPSA) is 78.5 Å².